The number of rotatable bonds is 9. The van der Waals surface area contributed by atoms with E-state index in [9.17, 15) is 22.8 Å². The molecule has 0 unspecified atom stereocenters. The number of benzene rings is 2. The molecule has 1 aromatic heterocycles. The second kappa shape index (κ2) is 11.6. The van der Waals surface area contributed by atoms with Gasteiger partial charge in [0, 0.05) is 13.1 Å². The number of hydrogen-bond acceptors (Lipinski definition) is 3. The smallest absolute Gasteiger partial charge is 0.418 e. The number of halogens is 3. The first-order valence-corrected chi connectivity index (χ1v) is 11.2. The van der Waals surface area contributed by atoms with Crippen LogP contribution in [-0.4, -0.2) is 34.8 Å². The Labute approximate surface area is 202 Å². The molecule has 0 atom stereocenters. The summed E-state index contributed by atoms with van der Waals surface area (Å²) in [5, 5.41) is 2.34. The second-order valence-corrected chi connectivity index (χ2v) is 8.56. The third kappa shape index (κ3) is 7.63. The van der Waals surface area contributed by atoms with Crippen molar-refractivity contribution in [1.82, 2.24) is 9.80 Å². The zero-order valence-corrected chi connectivity index (χ0v) is 19.6. The number of hydrogen-bond donors (Lipinski definition) is 1. The molecule has 3 rings (SSSR count). The molecule has 0 aliphatic heterocycles. The Morgan fingerprint density at radius 3 is 2.23 bits per heavy atom. The highest BCUT2D eigenvalue weighted by Gasteiger charge is 2.34. The molecule has 0 aliphatic rings. The van der Waals surface area contributed by atoms with Gasteiger partial charge in [-0.05, 0) is 35.7 Å². The van der Waals surface area contributed by atoms with Gasteiger partial charge >= 0.3 is 12.2 Å². The quantitative estimate of drug-likeness (QED) is 0.402. The first-order valence-electron chi connectivity index (χ1n) is 11.2. The monoisotopic (exact) mass is 487 g/mol. The Morgan fingerprint density at radius 1 is 0.914 bits per heavy atom. The lowest BCUT2D eigenvalue weighted by Crippen LogP contribution is -2.45. The van der Waals surface area contributed by atoms with E-state index in [1.807, 2.05) is 44.2 Å². The standard InChI is InChI=1S/C26H28F3N3O3/c1-19(2)15-32(25(34)30-23-13-7-6-12-22(23)26(27,28)29)18-24(33)31(17-21-11-8-14-35-21)16-20-9-4-3-5-10-20/h3-14,19H,15-18H2,1-2H3,(H,30,34). The van der Waals surface area contributed by atoms with Crippen LogP contribution in [0, 0.1) is 5.92 Å². The molecular weight excluding hydrogens is 459 g/mol. The average molecular weight is 488 g/mol. The lowest BCUT2D eigenvalue weighted by atomic mass is 10.1. The van der Waals surface area contributed by atoms with Crippen LogP contribution in [0.4, 0.5) is 23.7 Å². The molecule has 35 heavy (non-hydrogen) atoms. The summed E-state index contributed by atoms with van der Waals surface area (Å²) in [6.07, 6.45) is -3.12. The first-order chi connectivity index (χ1) is 16.6. The van der Waals surface area contributed by atoms with Crippen molar-refractivity contribution in [3.8, 4) is 0 Å². The maximum atomic E-state index is 13.4. The van der Waals surface area contributed by atoms with E-state index in [1.54, 1.807) is 17.0 Å². The third-order valence-corrected chi connectivity index (χ3v) is 5.17. The zero-order valence-electron chi connectivity index (χ0n) is 19.6. The number of nitrogens with zero attached hydrogens (tertiary/aromatic N) is 2. The van der Waals surface area contributed by atoms with Crippen molar-refractivity contribution < 1.29 is 27.2 Å². The molecule has 0 aliphatic carbocycles. The van der Waals surface area contributed by atoms with Crippen molar-refractivity contribution in [3.63, 3.8) is 0 Å². The molecule has 9 heteroatoms. The Balaban J connectivity index is 1.79. The van der Waals surface area contributed by atoms with Gasteiger partial charge in [-0.1, -0.05) is 56.3 Å². The summed E-state index contributed by atoms with van der Waals surface area (Å²) in [5.74, 6) is 0.206. The van der Waals surface area contributed by atoms with Crippen molar-refractivity contribution in [2.75, 3.05) is 18.4 Å². The lowest BCUT2D eigenvalue weighted by molar-refractivity contribution is -0.137. The van der Waals surface area contributed by atoms with Gasteiger partial charge in [0.2, 0.25) is 5.91 Å². The average Bonchev–Trinajstić information content (AvgIpc) is 3.31. The van der Waals surface area contributed by atoms with Crippen molar-refractivity contribution in [1.29, 1.82) is 0 Å². The molecule has 0 bridgehead atoms. The van der Waals surface area contributed by atoms with Crippen molar-refractivity contribution in [3.05, 3.63) is 89.9 Å². The fourth-order valence-corrected chi connectivity index (χ4v) is 3.58. The molecule has 1 N–H and O–H groups in total. The SMILES string of the molecule is CC(C)CN(CC(=O)N(Cc1ccccc1)Cc1ccco1)C(=O)Nc1ccccc1C(F)(F)F. The predicted molar refractivity (Wildman–Crippen MR) is 126 cm³/mol. The van der Waals surface area contributed by atoms with E-state index >= 15 is 0 Å². The zero-order chi connectivity index (χ0) is 25.4. The highest BCUT2D eigenvalue weighted by atomic mass is 19.4. The van der Waals surface area contributed by atoms with E-state index in [0.29, 0.717) is 5.76 Å². The van der Waals surface area contributed by atoms with Gasteiger partial charge in [-0.15, -0.1) is 0 Å². The molecule has 0 spiro atoms. The van der Waals surface area contributed by atoms with Gasteiger partial charge in [0.05, 0.1) is 24.1 Å². The van der Waals surface area contributed by atoms with Crippen LogP contribution >= 0.6 is 0 Å². The maximum Gasteiger partial charge on any atom is 0.418 e. The van der Waals surface area contributed by atoms with Crippen LogP contribution in [0.25, 0.3) is 0 Å². The predicted octanol–water partition coefficient (Wildman–Crippen LogP) is 6.02. The van der Waals surface area contributed by atoms with Crippen LogP contribution in [0.15, 0.2) is 77.4 Å². The van der Waals surface area contributed by atoms with Gasteiger partial charge in [-0.25, -0.2) is 4.79 Å². The van der Waals surface area contributed by atoms with E-state index < -0.39 is 17.8 Å². The summed E-state index contributed by atoms with van der Waals surface area (Å²) in [4.78, 5) is 29.1. The van der Waals surface area contributed by atoms with E-state index in [4.69, 9.17) is 4.42 Å². The third-order valence-electron chi connectivity index (χ3n) is 5.17. The van der Waals surface area contributed by atoms with Gasteiger partial charge in [-0.3, -0.25) is 4.79 Å². The Morgan fingerprint density at radius 2 is 1.60 bits per heavy atom. The molecule has 0 saturated heterocycles. The fourth-order valence-electron chi connectivity index (χ4n) is 3.58. The number of furan rings is 1. The molecule has 0 radical (unpaired) electrons. The number of nitrogens with one attached hydrogen (secondary N) is 1. The number of para-hydroxylation sites is 1. The Hall–Kier alpha value is -3.75. The van der Waals surface area contributed by atoms with Crippen LogP contribution < -0.4 is 5.32 Å². The fraction of sp³-hybridized carbons (Fsp3) is 0.308. The van der Waals surface area contributed by atoms with Crippen LogP contribution in [0.2, 0.25) is 0 Å². The second-order valence-electron chi connectivity index (χ2n) is 8.56. The Kier molecular flexibility index (Phi) is 8.57. The number of alkyl halides is 3. The number of amides is 3. The minimum atomic E-state index is -4.63. The summed E-state index contributed by atoms with van der Waals surface area (Å²) in [7, 11) is 0. The van der Waals surface area contributed by atoms with E-state index in [2.05, 4.69) is 5.32 Å². The van der Waals surface area contributed by atoms with Crippen molar-refractivity contribution in [2.45, 2.75) is 33.1 Å². The topological polar surface area (TPSA) is 65.8 Å². The van der Waals surface area contributed by atoms with Crippen LogP contribution in [0.5, 0.6) is 0 Å². The number of urea groups is 1. The van der Waals surface area contributed by atoms with Crippen LogP contribution in [-0.2, 0) is 24.1 Å². The number of carbonyl (C=O) groups is 2. The molecule has 0 saturated carbocycles. The maximum absolute atomic E-state index is 13.4. The molecule has 2 aromatic carbocycles. The van der Waals surface area contributed by atoms with Crippen molar-refractivity contribution >= 4 is 17.6 Å². The number of anilines is 1. The molecule has 3 aromatic rings. The molecule has 0 fully saturated rings. The molecule has 3 amide bonds. The van der Waals surface area contributed by atoms with Gasteiger partial charge < -0.3 is 19.5 Å². The summed E-state index contributed by atoms with van der Waals surface area (Å²) < 4.78 is 45.5. The van der Waals surface area contributed by atoms with Crippen LogP contribution in [0.1, 0.15) is 30.7 Å². The molecular formula is C26H28F3N3O3. The van der Waals surface area contributed by atoms with E-state index in [1.165, 1.54) is 29.4 Å². The summed E-state index contributed by atoms with van der Waals surface area (Å²) >= 11 is 0. The van der Waals surface area contributed by atoms with Crippen molar-refractivity contribution in [2.24, 2.45) is 5.92 Å². The molecule has 6 nitrogen and oxygen atoms in total. The van der Waals surface area contributed by atoms with E-state index in [-0.39, 0.29) is 43.7 Å². The van der Waals surface area contributed by atoms with E-state index in [0.717, 1.165) is 11.6 Å². The van der Waals surface area contributed by atoms with Crippen LogP contribution in [0.3, 0.4) is 0 Å². The lowest BCUT2D eigenvalue weighted by Gasteiger charge is -2.29. The molecule has 1 heterocycles. The van der Waals surface area contributed by atoms with Gasteiger partial charge in [-0.2, -0.15) is 13.2 Å². The summed E-state index contributed by atoms with van der Waals surface area (Å²) in [5.41, 5.74) is -0.415. The van der Waals surface area contributed by atoms with Gasteiger partial charge in [0.1, 0.15) is 12.3 Å². The summed E-state index contributed by atoms with van der Waals surface area (Å²) in [6, 6.07) is 16.8. The normalized spacial score (nSPS) is 11.4. The minimum Gasteiger partial charge on any atom is -0.467 e. The first kappa shape index (κ1) is 25.9. The van der Waals surface area contributed by atoms with Gasteiger partial charge in [0.25, 0.3) is 0 Å². The molecule has 186 valence electrons. The number of carbonyl (C=O) groups excluding carboxylic acids is 2. The largest absolute Gasteiger partial charge is 0.467 e. The minimum absolute atomic E-state index is 0.0148. The Bertz CT molecular complexity index is 1100. The highest BCUT2D eigenvalue weighted by Crippen LogP contribution is 2.34. The summed E-state index contributed by atoms with van der Waals surface area (Å²) in [6.45, 7) is 4.08. The highest BCUT2D eigenvalue weighted by molar-refractivity contribution is 5.93. The van der Waals surface area contributed by atoms with Gasteiger partial charge in [0.15, 0.2) is 0 Å².